The minimum absolute atomic E-state index is 0.133. The Morgan fingerprint density at radius 3 is 1.38 bits per heavy atom. The standard InChI is InChI=1S/C53H33F3N4/c1-32-11-15-34(16-12-32)36-19-22-44-42-7-3-5-9-47(42)59(50(44)26-36)49-29-46(41-24-21-40(53(54,55)56)25-38(41)30-57)52(28-39(49)31-58)60-48-10-6-4-8-43(48)45-23-20-37(27-51(45)60)35-17-13-33(2)14-18-35/h3-29H,1-2H3. The molecular weight excluding hydrogens is 750 g/mol. The van der Waals surface area contributed by atoms with Gasteiger partial charge in [0.15, 0.2) is 0 Å². The van der Waals surface area contributed by atoms with Crippen molar-refractivity contribution in [3.63, 3.8) is 0 Å². The molecule has 0 saturated carbocycles. The summed E-state index contributed by atoms with van der Waals surface area (Å²) in [5, 5.41) is 25.5. The van der Waals surface area contributed by atoms with Crippen molar-refractivity contribution in [3.05, 3.63) is 192 Å². The lowest BCUT2D eigenvalue weighted by atomic mass is 9.94. The number of hydrogen-bond donors (Lipinski definition) is 0. The Balaban J connectivity index is 1.32. The van der Waals surface area contributed by atoms with Crippen molar-refractivity contribution in [3.8, 4) is 56.9 Å². The topological polar surface area (TPSA) is 57.4 Å². The van der Waals surface area contributed by atoms with Crippen LogP contribution in [0, 0.1) is 36.5 Å². The van der Waals surface area contributed by atoms with E-state index >= 15 is 0 Å². The predicted octanol–water partition coefficient (Wildman–Crippen LogP) is 14.3. The number of nitrogens with zero attached hydrogens (tertiary/aromatic N) is 4. The molecule has 0 aliphatic rings. The molecule has 2 heterocycles. The Morgan fingerprint density at radius 2 is 0.883 bits per heavy atom. The van der Waals surface area contributed by atoms with E-state index < -0.39 is 11.7 Å². The fraction of sp³-hybridized carbons (Fsp3) is 0.0566. The van der Waals surface area contributed by atoms with E-state index in [2.05, 4.69) is 112 Å². The van der Waals surface area contributed by atoms with E-state index in [0.717, 1.165) is 89.1 Å². The Hall–Kier alpha value is -7.87. The fourth-order valence-electron chi connectivity index (χ4n) is 8.61. The van der Waals surface area contributed by atoms with Crippen LogP contribution in [0.25, 0.3) is 88.4 Å². The normalized spacial score (nSPS) is 11.7. The average molecular weight is 783 g/mol. The van der Waals surface area contributed by atoms with Crippen molar-refractivity contribution >= 4 is 43.6 Å². The molecule has 10 aromatic rings. The first-order valence-electron chi connectivity index (χ1n) is 19.5. The van der Waals surface area contributed by atoms with Crippen molar-refractivity contribution in [1.82, 2.24) is 9.13 Å². The smallest absolute Gasteiger partial charge is 0.309 e. The molecule has 0 N–H and O–H groups in total. The number of rotatable bonds is 5. The van der Waals surface area contributed by atoms with E-state index in [9.17, 15) is 23.7 Å². The molecule has 8 aromatic carbocycles. The van der Waals surface area contributed by atoms with Crippen LogP contribution in [-0.2, 0) is 6.18 Å². The lowest BCUT2D eigenvalue weighted by molar-refractivity contribution is -0.137. The number of hydrogen-bond acceptors (Lipinski definition) is 2. The summed E-state index contributed by atoms with van der Waals surface area (Å²) in [6, 6.07) is 56.7. The molecule has 60 heavy (non-hydrogen) atoms. The maximum atomic E-state index is 14.2. The lowest BCUT2D eigenvalue weighted by Crippen LogP contribution is -2.07. The van der Waals surface area contributed by atoms with Gasteiger partial charge in [0.2, 0.25) is 0 Å². The molecule has 10 rings (SSSR count). The number of fused-ring (bicyclic) bond motifs is 6. The van der Waals surface area contributed by atoms with E-state index in [0.29, 0.717) is 28.1 Å². The second-order valence-electron chi connectivity index (χ2n) is 15.3. The summed E-state index contributed by atoms with van der Waals surface area (Å²) in [7, 11) is 0. The van der Waals surface area contributed by atoms with Gasteiger partial charge in [-0.1, -0.05) is 126 Å². The Bertz CT molecular complexity index is 3450. The summed E-state index contributed by atoms with van der Waals surface area (Å²) in [5.74, 6) is 0. The van der Waals surface area contributed by atoms with Gasteiger partial charge >= 0.3 is 6.18 Å². The zero-order chi connectivity index (χ0) is 41.3. The third kappa shape index (κ3) is 5.91. The maximum absolute atomic E-state index is 14.2. The summed E-state index contributed by atoms with van der Waals surface area (Å²) in [6.45, 7) is 4.09. The molecule has 0 fully saturated rings. The van der Waals surface area contributed by atoms with Crippen LogP contribution in [-0.4, -0.2) is 9.13 Å². The van der Waals surface area contributed by atoms with Gasteiger partial charge in [0.25, 0.3) is 0 Å². The molecule has 4 nitrogen and oxygen atoms in total. The Kier molecular flexibility index (Phi) is 8.45. The van der Waals surface area contributed by atoms with Gasteiger partial charge in [0.1, 0.15) is 6.07 Å². The highest BCUT2D eigenvalue weighted by Crippen LogP contribution is 2.43. The summed E-state index contributed by atoms with van der Waals surface area (Å²) in [4.78, 5) is 0. The van der Waals surface area contributed by atoms with E-state index in [4.69, 9.17) is 0 Å². The van der Waals surface area contributed by atoms with Crippen LogP contribution < -0.4 is 0 Å². The molecule has 0 saturated heterocycles. The van der Waals surface area contributed by atoms with Crippen LogP contribution in [0.4, 0.5) is 13.2 Å². The van der Waals surface area contributed by atoms with Gasteiger partial charge < -0.3 is 9.13 Å². The first-order chi connectivity index (χ1) is 29.1. The van der Waals surface area contributed by atoms with Crippen LogP contribution in [0.1, 0.15) is 27.8 Å². The third-order valence-electron chi connectivity index (χ3n) is 11.6. The monoisotopic (exact) mass is 782 g/mol. The second kappa shape index (κ2) is 13.9. The van der Waals surface area contributed by atoms with Gasteiger partial charge in [-0.05, 0) is 84.6 Å². The van der Waals surface area contributed by atoms with Gasteiger partial charge in [0, 0.05) is 32.7 Å². The number of halogens is 3. The van der Waals surface area contributed by atoms with Gasteiger partial charge in [0.05, 0.1) is 56.2 Å². The van der Waals surface area contributed by atoms with Crippen LogP contribution >= 0.6 is 0 Å². The second-order valence-corrected chi connectivity index (χ2v) is 15.3. The Labute approximate surface area is 343 Å². The van der Waals surface area contributed by atoms with Crippen molar-refractivity contribution in [1.29, 1.82) is 10.5 Å². The van der Waals surface area contributed by atoms with Crippen molar-refractivity contribution in [2.45, 2.75) is 20.0 Å². The van der Waals surface area contributed by atoms with Crippen LogP contribution in [0.2, 0.25) is 0 Å². The van der Waals surface area contributed by atoms with Gasteiger partial charge in [-0.2, -0.15) is 23.7 Å². The fourth-order valence-corrected chi connectivity index (χ4v) is 8.61. The van der Waals surface area contributed by atoms with Crippen molar-refractivity contribution < 1.29 is 13.2 Å². The lowest BCUT2D eigenvalue weighted by Gasteiger charge is -2.20. The highest BCUT2D eigenvalue weighted by atomic mass is 19.4. The van der Waals surface area contributed by atoms with Crippen LogP contribution in [0.3, 0.4) is 0 Å². The average Bonchev–Trinajstić information content (AvgIpc) is 3.78. The van der Waals surface area contributed by atoms with Gasteiger partial charge in [-0.3, -0.25) is 0 Å². The molecular formula is C53H33F3N4. The molecule has 286 valence electrons. The first-order valence-corrected chi connectivity index (χ1v) is 19.5. The van der Waals surface area contributed by atoms with Crippen LogP contribution in [0.15, 0.2) is 164 Å². The predicted molar refractivity (Wildman–Crippen MR) is 235 cm³/mol. The highest BCUT2D eigenvalue weighted by molar-refractivity contribution is 6.12. The zero-order valence-electron chi connectivity index (χ0n) is 32.5. The molecule has 0 spiro atoms. The number of aryl methyl sites for hydroxylation is 2. The van der Waals surface area contributed by atoms with Crippen molar-refractivity contribution in [2.24, 2.45) is 0 Å². The summed E-state index contributed by atoms with van der Waals surface area (Å²) in [6.07, 6.45) is -4.65. The SMILES string of the molecule is Cc1ccc(-c2ccc3c4ccccc4n(-c4cc(-c5ccc(C(F)(F)F)cc5C#N)c(-n5c6ccccc6c6ccc(-c7ccc(C)cc7)cc65)cc4C#N)c3c2)cc1. The van der Waals surface area contributed by atoms with Crippen LogP contribution in [0.5, 0.6) is 0 Å². The summed E-state index contributed by atoms with van der Waals surface area (Å²) in [5.41, 5.74) is 10.9. The number of benzene rings is 8. The largest absolute Gasteiger partial charge is 0.416 e. The molecule has 0 bridgehead atoms. The zero-order valence-corrected chi connectivity index (χ0v) is 32.5. The Morgan fingerprint density at radius 1 is 0.417 bits per heavy atom. The molecule has 0 aliphatic carbocycles. The number of nitriles is 2. The third-order valence-corrected chi connectivity index (χ3v) is 11.6. The molecule has 0 atom stereocenters. The molecule has 2 aromatic heterocycles. The quantitative estimate of drug-likeness (QED) is 0.175. The minimum atomic E-state index is -4.65. The number of aromatic nitrogens is 2. The van der Waals surface area contributed by atoms with E-state index in [-0.39, 0.29) is 5.56 Å². The number of alkyl halides is 3. The van der Waals surface area contributed by atoms with E-state index in [1.807, 2.05) is 68.4 Å². The van der Waals surface area contributed by atoms with E-state index in [1.54, 1.807) is 0 Å². The molecule has 0 unspecified atom stereocenters. The highest BCUT2D eigenvalue weighted by Gasteiger charge is 2.32. The summed E-state index contributed by atoms with van der Waals surface area (Å²) >= 11 is 0. The molecule has 7 heteroatoms. The van der Waals surface area contributed by atoms with Gasteiger partial charge in [-0.25, -0.2) is 0 Å². The molecule has 0 amide bonds. The van der Waals surface area contributed by atoms with Gasteiger partial charge in [-0.15, -0.1) is 0 Å². The minimum Gasteiger partial charge on any atom is -0.309 e. The van der Waals surface area contributed by atoms with Crippen molar-refractivity contribution in [2.75, 3.05) is 0 Å². The first kappa shape index (κ1) is 36.5. The summed E-state index contributed by atoms with van der Waals surface area (Å²) < 4.78 is 46.6. The molecule has 0 radical (unpaired) electrons. The molecule has 0 aliphatic heterocycles. The maximum Gasteiger partial charge on any atom is 0.416 e. The van der Waals surface area contributed by atoms with E-state index in [1.165, 1.54) is 6.07 Å². The number of para-hydroxylation sites is 2.